The van der Waals surface area contributed by atoms with Crippen LogP contribution in [0, 0.1) is 6.92 Å². The highest BCUT2D eigenvalue weighted by Gasteiger charge is 2.54. The molecule has 2 aromatic rings. The van der Waals surface area contributed by atoms with Gasteiger partial charge in [0.1, 0.15) is 54.9 Å². The number of rotatable bonds is 12. The van der Waals surface area contributed by atoms with Crippen LogP contribution in [-0.2, 0) is 61.9 Å². The molecule has 18 nitrogen and oxygen atoms in total. The minimum Gasteiger partial charge on any atom is -0.463 e. The number of carbonyl (C=O) groups is 6. The van der Waals surface area contributed by atoms with Crippen LogP contribution in [0.25, 0.3) is 11.0 Å². The molecule has 3 heterocycles. The number of hydrogen-bond donors (Lipinski definition) is 2. The molecule has 18 heteroatoms. The lowest BCUT2D eigenvalue weighted by Gasteiger charge is -2.48. The van der Waals surface area contributed by atoms with Crippen LogP contribution in [0.1, 0.15) is 53.5 Å². The number of carbonyl (C=O) groups excluding carboxylic acids is 6. The van der Waals surface area contributed by atoms with Crippen LogP contribution in [0.2, 0.25) is 0 Å². The maximum Gasteiger partial charge on any atom is 0.336 e. The quantitative estimate of drug-likeness (QED) is 0.174. The molecule has 4 rings (SSSR count). The van der Waals surface area contributed by atoms with Gasteiger partial charge in [0, 0.05) is 65.5 Å². The Kier molecular flexibility index (Phi) is 13.3. The number of amides is 2. The molecule has 0 spiro atoms. The third-order valence-electron chi connectivity index (χ3n) is 7.91. The van der Waals surface area contributed by atoms with Crippen LogP contribution in [-0.4, -0.2) is 104 Å². The smallest absolute Gasteiger partial charge is 0.336 e. The highest BCUT2D eigenvalue weighted by Crippen LogP contribution is 2.34. The lowest BCUT2D eigenvalue weighted by molar-refractivity contribution is -0.315. The summed E-state index contributed by atoms with van der Waals surface area (Å²) in [6.07, 6.45) is -9.07. The summed E-state index contributed by atoms with van der Waals surface area (Å²) in [5.41, 5.74) is 0.275. The van der Waals surface area contributed by atoms with Crippen molar-refractivity contribution in [2.45, 2.75) is 110 Å². The summed E-state index contributed by atoms with van der Waals surface area (Å²) in [7, 11) is 0. The number of esters is 4. The molecule has 9 atom stereocenters. The second kappa shape index (κ2) is 17.4. The molecule has 0 bridgehead atoms. The van der Waals surface area contributed by atoms with Crippen molar-refractivity contribution in [3.8, 4) is 5.75 Å². The van der Waals surface area contributed by atoms with Gasteiger partial charge >= 0.3 is 29.5 Å². The summed E-state index contributed by atoms with van der Waals surface area (Å²) in [6.45, 7) is 8.02. The minimum atomic E-state index is -1.49. The molecule has 9 unspecified atom stereocenters. The average molecular weight is 735 g/mol. The van der Waals surface area contributed by atoms with Crippen LogP contribution >= 0.6 is 0 Å². The van der Waals surface area contributed by atoms with Crippen LogP contribution < -0.4 is 21.0 Å². The first-order valence-corrected chi connectivity index (χ1v) is 16.3. The molecule has 284 valence electrons. The summed E-state index contributed by atoms with van der Waals surface area (Å²) in [5.74, 6) is -3.81. The first-order valence-electron chi connectivity index (χ1n) is 16.3. The van der Waals surface area contributed by atoms with Gasteiger partial charge in [-0.2, -0.15) is 0 Å². The molecule has 0 saturated carbocycles. The highest BCUT2D eigenvalue weighted by atomic mass is 16.7. The summed E-state index contributed by atoms with van der Waals surface area (Å²) in [5, 5.41) is 5.96. The standard InChI is InChI=1S/C34H42N2O16/c1-15-10-28(43)50-25-11-22(8-9-24(15)25)48-34-30(36-17(3)38)32(47-21(7)42)31(27(51-34)14-45-19(5)40)52-33-29(35-16(2)37)26(46-20(6)41)12-23(49-33)13-44-18(4)39/h8-11,23,26-27,29-34H,12-14H2,1-7H3,(H,35,37)(H,36,38). The van der Waals surface area contributed by atoms with Gasteiger partial charge in [-0.1, -0.05) is 0 Å². The van der Waals surface area contributed by atoms with Crippen molar-refractivity contribution in [1.82, 2.24) is 10.6 Å². The van der Waals surface area contributed by atoms with E-state index in [1.165, 1.54) is 39.8 Å². The number of nitrogens with one attached hydrogen (secondary N) is 2. The van der Waals surface area contributed by atoms with Crippen LogP contribution in [0.5, 0.6) is 5.75 Å². The third kappa shape index (κ3) is 10.7. The molecule has 2 fully saturated rings. The van der Waals surface area contributed by atoms with E-state index in [-0.39, 0.29) is 24.4 Å². The predicted octanol–water partition coefficient (Wildman–Crippen LogP) is 0.704. The van der Waals surface area contributed by atoms with Gasteiger partial charge in [0.15, 0.2) is 12.4 Å². The summed E-state index contributed by atoms with van der Waals surface area (Å²) >= 11 is 0. The Morgan fingerprint density at radius 1 is 0.750 bits per heavy atom. The van der Waals surface area contributed by atoms with E-state index >= 15 is 0 Å². The zero-order chi connectivity index (χ0) is 38.3. The van der Waals surface area contributed by atoms with Crippen molar-refractivity contribution in [3.63, 3.8) is 0 Å². The third-order valence-corrected chi connectivity index (χ3v) is 7.91. The zero-order valence-corrected chi connectivity index (χ0v) is 29.7. The maximum absolute atomic E-state index is 12.6. The lowest BCUT2D eigenvalue weighted by atomic mass is 9.95. The SMILES string of the molecule is CC(=O)NC1C(OC(C)=O)CC(COC(C)=O)OC1OC1C(COC(C)=O)OC(Oc2ccc3c(C)cc(=O)oc3c2)C(NC(C)=O)C1OC(C)=O. The minimum absolute atomic E-state index is 0.0150. The van der Waals surface area contributed by atoms with Crippen molar-refractivity contribution < 1.29 is 71.1 Å². The van der Waals surface area contributed by atoms with Gasteiger partial charge in [0.05, 0.1) is 6.10 Å². The highest BCUT2D eigenvalue weighted by molar-refractivity contribution is 5.81. The molecule has 1 aromatic heterocycles. The molecular formula is C34H42N2O16. The molecule has 2 N–H and O–H groups in total. The fourth-order valence-electron chi connectivity index (χ4n) is 5.96. The molecule has 1 aromatic carbocycles. The first-order chi connectivity index (χ1) is 24.5. The fraction of sp³-hybridized carbons (Fsp3) is 0.559. The van der Waals surface area contributed by atoms with Gasteiger partial charge in [0.2, 0.25) is 18.1 Å². The van der Waals surface area contributed by atoms with Gasteiger partial charge in [0.25, 0.3) is 0 Å². The molecule has 2 aliphatic heterocycles. The van der Waals surface area contributed by atoms with E-state index in [4.69, 9.17) is 42.3 Å². The lowest BCUT2D eigenvalue weighted by Crippen LogP contribution is -2.69. The van der Waals surface area contributed by atoms with Crippen molar-refractivity contribution in [2.75, 3.05) is 13.2 Å². The summed E-state index contributed by atoms with van der Waals surface area (Å²) < 4.78 is 52.0. The number of benzene rings is 1. The van der Waals surface area contributed by atoms with Gasteiger partial charge in [-0.3, -0.25) is 28.8 Å². The van der Waals surface area contributed by atoms with Crippen molar-refractivity contribution in [3.05, 3.63) is 40.2 Å². The van der Waals surface area contributed by atoms with E-state index in [1.807, 2.05) is 0 Å². The fourth-order valence-corrected chi connectivity index (χ4v) is 5.96. The van der Waals surface area contributed by atoms with E-state index in [1.54, 1.807) is 19.1 Å². The Hall–Kier alpha value is -5.07. The Morgan fingerprint density at radius 3 is 2.00 bits per heavy atom. The number of ether oxygens (including phenoxy) is 8. The maximum atomic E-state index is 12.6. The van der Waals surface area contributed by atoms with Gasteiger partial charge in [-0.05, 0) is 24.6 Å². The second-order valence-corrected chi connectivity index (χ2v) is 12.3. The zero-order valence-electron chi connectivity index (χ0n) is 29.7. The van der Waals surface area contributed by atoms with Crippen molar-refractivity contribution >= 4 is 46.7 Å². The number of hydrogen-bond acceptors (Lipinski definition) is 16. The molecule has 2 aliphatic rings. The largest absolute Gasteiger partial charge is 0.463 e. The van der Waals surface area contributed by atoms with Crippen LogP contribution in [0.4, 0.5) is 0 Å². The summed E-state index contributed by atoms with van der Waals surface area (Å²) in [4.78, 5) is 85.4. The van der Waals surface area contributed by atoms with E-state index < -0.39 is 103 Å². The Bertz CT molecular complexity index is 1720. The van der Waals surface area contributed by atoms with E-state index in [0.717, 1.165) is 13.8 Å². The first kappa shape index (κ1) is 39.7. The monoisotopic (exact) mass is 734 g/mol. The molecule has 2 saturated heterocycles. The van der Waals surface area contributed by atoms with Gasteiger partial charge in [-0.15, -0.1) is 0 Å². The Labute approximate surface area is 297 Å². The molecule has 2 amide bonds. The van der Waals surface area contributed by atoms with Gasteiger partial charge < -0.3 is 52.9 Å². The average Bonchev–Trinajstić information content (AvgIpc) is 3.02. The normalized spacial score (nSPS) is 27.1. The predicted molar refractivity (Wildman–Crippen MR) is 174 cm³/mol. The molecular weight excluding hydrogens is 692 g/mol. The van der Waals surface area contributed by atoms with E-state index in [0.29, 0.717) is 10.9 Å². The molecule has 52 heavy (non-hydrogen) atoms. The topological polar surface area (TPSA) is 231 Å². The van der Waals surface area contributed by atoms with Crippen LogP contribution in [0.15, 0.2) is 33.5 Å². The molecule has 0 aliphatic carbocycles. The van der Waals surface area contributed by atoms with E-state index in [2.05, 4.69) is 10.6 Å². The van der Waals surface area contributed by atoms with Crippen molar-refractivity contribution in [1.29, 1.82) is 0 Å². The van der Waals surface area contributed by atoms with E-state index in [9.17, 15) is 33.6 Å². The van der Waals surface area contributed by atoms with Gasteiger partial charge in [-0.25, -0.2) is 4.79 Å². The second-order valence-electron chi connectivity index (χ2n) is 12.3. The Balaban J connectivity index is 1.78. The number of fused-ring (bicyclic) bond motifs is 1. The van der Waals surface area contributed by atoms with Crippen molar-refractivity contribution in [2.24, 2.45) is 0 Å². The summed E-state index contributed by atoms with van der Waals surface area (Å²) in [6, 6.07) is 3.53. The van der Waals surface area contributed by atoms with Crippen LogP contribution in [0.3, 0.4) is 0 Å². The number of aryl methyl sites for hydroxylation is 1. The molecule has 0 radical (unpaired) electrons. The Morgan fingerprint density at radius 2 is 1.38 bits per heavy atom.